The highest BCUT2D eigenvalue weighted by Gasteiger charge is 2.42. The van der Waals surface area contributed by atoms with Crippen LogP contribution in [0.15, 0.2) is 48.5 Å². The molecule has 0 unspecified atom stereocenters. The second-order valence-electron chi connectivity index (χ2n) is 7.40. The van der Waals surface area contributed by atoms with Crippen LogP contribution in [0.5, 0.6) is 5.75 Å². The van der Waals surface area contributed by atoms with Crippen molar-refractivity contribution in [2.24, 2.45) is 0 Å². The summed E-state index contributed by atoms with van der Waals surface area (Å²) in [5.41, 5.74) is 1.55. The van der Waals surface area contributed by atoms with Gasteiger partial charge in [0.05, 0.1) is 16.9 Å². The van der Waals surface area contributed by atoms with E-state index in [0.29, 0.717) is 17.7 Å². The smallest absolute Gasteiger partial charge is 0.269 e. The zero-order valence-electron chi connectivity index (χ0n) is 15.5. The topological polar surface area (TPSA) is 72.7 Å². The summed E-state index contributed by atoms with van der Waals surface area (Å²) < 4.78 is 6.27. The normalized spacial score (nSPS) is 18.1. The second-order valence-corrected chi connectivity index (χ2v) is 7.40. The maximum absolute atomic E-state index is 12.5. The van der Waals surface area contributed by atoms with Crippen molar-refractivity contribution >= 4 is 23.9 Å². The third-order valence-electron chi connectivity index (χ3n) is 5.63. The molecule has 0 amide bonds. The zero-order valence-corrected chi connectivity index (χ0v) is 16.3. The van der Waals surface area contributed by atoms with E-state index in [1.165, 1.54) is 0 Å². The summed E-state index contributed by atoms with van der Waals surface area (Å²) >= 11 is 0. The summed E-state index contributed by atoms with van der Waals surface area (Å²) in [4.78, 5) is 25.2. The SMILES string of the molecule is Cl.O=C1CC2(CCN(CCc3ccc([N+](=O)[O-])cc3)CC2)Oc2ccccc21. The van der Waals surface area contributed by atoms with E-state index in [9.17, 15) is 14.9 Å². The molecule has 7 heteroatoms. The highest BCUT2D eigenvalue weighted by atomic mass is 35.5. The van der Waals surface area contributed by atoms with Crippen molar-refractivity contribution in [2.75, 3.05) is 19.6 Å². The molecule has 4 rings (SSSR count). The van der Waals surface area contributed by atoms with Crippen molar-refractivity contribution in [3.63, 3.8) is 0 Å². The zero-order chi connectivity index (χ0) is 18.9. The summed E-state index contributed by atoms with van der Waals surface area (Å²) in [5.74, 6) is 0.893. The minimum atomic E-state index is -0.378. The third-order valence-corrected chi connectivity index (χ3v) is 5.63. The number of ketones is 1. The number of fused-ring (bicyclic) bond motifs is 1. The van der Waals surface area contributed by atoms with E-state index in [1.807, 2.05) is 36.4 Å². The molecule has 2 aromatic rings. The summed E-state index contributed by atoms with van der Waals surface area (Å²) in [7, 11) is 0. The van der Waals surface area contributed by atoms with Crippen LogP contribution in [0.2, 0.25) is 0 Å². The number of carbonyl (C=O) groups is 1. The molecule has 0 atom stereocenters. The lowest BCUT2D eigenvalue weighted by Crippen LogP contribution is -2.51. The number of hydrogen-bond donors (Lipinski definition) is 0. The highest BCUT2D eigenvalue weighted by Crippen LogP contribution is 2.39. The molecule has 1 saturated heterocycles. The molecule has 2 aliphatic heterocycles. The lowest BCUT2D eigenvalue weighted by molar-refractivity contribution is -0.384. The number of benzene rings is 2. The van der Waals surface area contributed by atoms with Gasteiger partial charge in [0.2, 0.25) is 0 Å². The van der Waals surface area contributed by atoms with Crippen molar-refractivity contribution in [1.29, 1.82) is 0 Å². The molecule has 0 aliphatic carbocycles. The first-order chi connectivity index (χ1) is 13.0. The standard InChI is InChI=1S/C21H22N2O4.ClH/c24-19-15-21(27-20-4-2-1-3-18(19)20)10-13-22(14-11-21)12-9-16-5-7-17(8-6-16)23(25)26;/h1-8H,9-15H2;1H. The van der Waals surface area contributed by atoms with E-state index < -0.39 is 0 Å². The Bertz CT molecular complexity index is 861. The van der Waals surface area contributed by atoms with Gasteiger partial charge in [-0.25, -0.2) is 0 Å². The Kier molecular flexibility index (Phi) is 6.01. The Morgan fingerprint density at radius 2 is 1.75 bits per heavy atom. The van der Waals surface area contributed by atoms with Crippen molar-refractivity contribution < 1.29 is 14.5 Å². The number of nitro groups is 1. The van der Waals surface area contributed by atoms with Crippen molar-refractivity contribution in [2.45, 2.75) is 31.3 Å². The molecule has 2 heterocycles. The molecule has 28 heavy (non-hydrogen) atoms. The van der Waals surface area contributed by atoms with Crippen LogP contribution in [0.25, 0.3) is 0 Å². The first-order valence-corrected chi connectivity index (χ1v) is 9.32. The summed E-state index contributed by atoms with van der Waals surface area (Å²) in [5, 5.41) is 10.7. The van der Waals surface area contributed by atoms with Gasteiger partial charge in [0.25, 0.3) is 5.69 Å². The molecule has 2 aromatic carbocycles. The van der Waals surface area contributed by atoms with Crippen molar-refractivity contribution in [1.82, 2.24) is 4.90 Å². The minimum absolute atomic E-state index is 0. The molecule has 1 fully saturated rings. The first-order valence-electron chi connectivity index (χ1n) is 9.32. The number of non-ortho nitro benzene ring substituents is 1. The molecule has 0 bridgehead atoms. The van der Waals surface area contributed by atoms with Gasteiger partial charge < -0.3 is 9.64 Å². The molecule has 0 N–H and O–H groups in total. The van der Waals surface area contributed by atoms with E-state index in [-0.39, 0.29) is 34.4 Å². The quantitative estimate of drug-likeness (QED) is 0.569. The van der Waals surface area contributed by atoms with E-state index in [2.05, 4.69) is 4.90 Å². The maximum Gasteiger partial charge on any atom is 0.269 e. The van der Waals surface area contributed by atoms with Gasteiger partial charge in [-0.15, -0.1) is 12.4 Å². The molecular weight excluding hydrogens is 380 g/mol. The van der Waals surface area contributed by atoms with Crippen LogP contribution in [-0.2, 0) is 6.42 Å². The Balaban J connectivity index is 0.00000225. The third kappa shape index (κ3) is 4.18. The lowest BCUT2D eigenvalue weighted by atomic mass is 9.82. The number of Topliss-reactive ketones (excluding diaryl/α,β-unsaturated/α-hetero) is 1. The summed E-state index contributed by atoms with van der Waals surface area (Å²) in [6.45, 7) is 2.68. The molecule has 6 nitrogen and oxygen atoms in total. The Labute approximate surface area is 170 Å². The van der Waals surface area contributed by atoms with Gasteiger partial charge in [-0.05, 0) is 24.1 Å². The van der Waals surface area contributed by atoms with Gasteiger partial charge in [-0.2, -0.15) is 0 Å². The number of rotatable bonds is 4. The predicted octanol–water partition coefficient (Wildman–Crippen LogP) is 4.06. The van der Waals surface area contributed by atoms with E-state index in [0.717, 1.165) is 44.5 Å². The highest BCUT2D eigenvalue weighted by molar-refractivity contribution is 6.00. The average Bonchev–Trinajstić information content (AvgIpc) is 2.68. The van der Waals surface area contributed by atoms with Crippen LogP contribution in [0, 0.1) is 10.1 Å². The van der Waals surface area contributed by atoms with Gasteiger partial charge in [0, 0.05) is 44.6 Å². The number of ether oxygens (including phenoxy) is 1. The first kappa shape index (κ1) is 20.3. The number of para-hydroxylation sites is 1. The number of hydrogen-bond acceptors (Lipinski definition) is 5. The molecule has 0 aromatic heterocycles. The number of carbonyl (C=O) groups excluding carboxylic acids is 1. The van der Waals surface area contributed by atoms with Crippen LogP contribution < -0.4 is 4.74 Å². The van der Waals surface area contributed by atoms with Gasteiger partial charge in [-0.3, -0.25) is 14.9 Å². The fourth-order valence-corrected chi connectivity index (χ4v) is 3.98. The number of piperidine rings is 1. The van der Waals surface area contributed by atoms with Gasteiger partial charge >= 0.3 is 0 Å². The van der Waals surface area contributed by atoms with E-state index in [4.69, 9.17) is 4.74 Å². The summed E-state index contributed by atoms with van der Waals surface area (Å²) in [6, 6.07) is 14.3. The molecular formula is C21H23ClN2O4. The van der Waals surface area contributed by atoms with E-state index in [1.54, 1.807) is 12.1 Å². The Hall–Kier alpha value is -2.44. The molecule has 1 spiro atoms. The van der Waals surface area contributed by atoms with Gasteiger partial charge in [0.1, 0.15) is 11.4 Å². The number of nitro benzene ring substituents is 1. The lowest BCUT2D eigenvalue weighted by Gasteiger charge is -2.44. The predicted molar refractivity (Wildman–Crippen MR) is 108 cm³/mol. The average molecular weight is 403 g/mol. The minimum Gasteiger partial charge on any atom is -0.486 e. The molecule has 0 saturated carbocycles. The second kappa shape index (κ2) is 8.29. The fourth-order valence-electron chi connectivity index (χ4n) is 3.98. The van der Waals surface area contributed by atoms with E-state index >= 15 is 0 Å². The molecule has 148 valence electrons. The van der Waals surface area contributed by atoms with Crippen molar-refractivity contribution in [3.8, 4) is 5.75 Å². The molecule has 0 radical (unpaired) electrons. The largest absolute Gasteiger partial charge is 0.486 e. The monoisotopic (exact) mass is 402 g/mol. The number of nitrogens with zero attached hydrogens (tertiary/aromatic N) is 2. The fraction of sp³-hybridized carbons (Fsp3) is 0.381. The Morgan fingerprint density at radius 3 is 2.43 bits per heavy atom. The van der Waals surface area contributed by atoms with Crippen LogP contribution >= 0.6 is 12.4 Å². The van der Waals surface area contributed by atoms with Crippen molar-refractivity contribution in [3.05, 3.63) is 69.8 Å². The van der Waals surface area contributed by atoms with Gasteiger partial charge in [0.15, 0.2) is 5.78 Å². The van der Waals surface area contributed by atoms with Gasteiger partial charge in [-0.1, -0.05) is 24.3 Å². The number of likely N-dealkylation sites (tertiary alicyclic amines) is 1. The van der Waals surface area contributed by atoms with Crippen LogP contribution in [0.4, 0.5) is 5.69 Å². The maximum atomic E-state index is 12.5. The van der Waals surface area contributed by atoms with Crippen LogP contribution in [-0.4, -0.2) is 40.8 Å². The molecule has 2 aliphatic rings. The number of halogens is 1. The Morgan fingerprint density at radius 1 is 1.07 bits per heavy atom. The summed E-state index contributed by atoms with van der Waals surface area (Å²) in [6.07, 6.45) is 2.99. The van der Waals surface area contributed by atoms with Crippen LogP contribution in [0.1, 0.15) is 35.2 Å². The van der Waals surface area contributed by atoms with Crippen LogP contribution in [0.3, 0.4) is 0 Å².